The van der Waals surface area contributed by atoms with E-state index in [2.05, 4.69) is 0 Å². The highest BCUT2D eigenvalue weighted by Gasteiger charge is 2.43. The zero-order valence-electron chi connectivity index (χ0n) is 19.2. The molecular weight excluding hydrogens is 396 g/mol. The summed E-state index contributed by atoms with van der Waals surface area (Å²) in [4.78, 5) is 40.9. The Labute approximate surface area is 184 Å². The van der Waals surface area contributed by atoms with Gasteiger partial charge < -0.3 is 19.3 Å². The maximum absolute atomic E-state index is 13.5. The van der Waals surface area contributed by atoms with Gasteiger partial charge in [0.15, 0.2) is 0 Å². The largest absolute Gasteiger partial charge is 0.463 e. The summed E-state index contributed by atoms with van der Waals surface area (Å²) in [7, 11) is 0. The van der Waals surface area contributed by atoms with Crippen molar-refractivity contribution in [3.05, 3.63) is 29.8 Å². The Morgan fingerprint density at radius 3 is 2.39 bits per heavy atom. The summed E-state index contributed by atoms with van der Waals surface area (Å²) >= 11 is 0. The summed E-state index contributed by atoms with van der Waals surface area (Å²) in [5, 5.41) is 0. The van der Waals surface area contributed by atoms with Crippen LogP contribution in [0.3, 0.4) is 0 Å². The fraction of sp³-hybridized carbons (Fsp3) is 0.625. The molecule has 3 rings (SSSR count). The summed E-state index contributed by atoms with van der Waals surface area (Å²) in [5.74, 6) is -0.580. The highest BCUT2D eigenvalue weighted by atomic mass is 16.6. The van der Waals surface area contributed by atoms with Crippen molar-refractivity contribution in [3.63, 3.8) is 0 Å². The average Bonchev–Trinajstić information content (AvgIpc) is 2.97. The first kappa shape index (κ1) is 23.1. The van der Waals surface area contributed by atoms with Gasteiger partial charge in [-0.25, -0.2) is 4.79 Å². The van der Waals surface area contributed by atoms with E-state index < -0.39 is 5.60 Å². The van der Waals surface area contributed by atoms with E-state index in [-0.39, 0.29) is 36.0 Å². The number of rotatable bonds is 5. The van der Waals surface area contributed by atoms with Gasteiger partial charge in [-0.3, -0.25) is 9.59 Å². The molecule has 1 aromatic carbocycles. The molecule has 0 bridgehead atoms. The SMILES string of the molecule is CCC(CC1C(=O)N(C2CCN(C(=O)OC(C)(C)C)CC2)c2ccccc21)OC(C)=O. The summed E-state index contributed by atoms with van der Waals surface area (Å²) in [6, 6.07) is 7.90. The molecule has 2 unspecified atom stereocenters. The standard InChI is InChI=1S/C24H34N2O5/c1-6-18(30-16(2)27)15-20-19-9-7-8-10-21(19)26(22(20)28)17-11-13-25(14-12-17)23(29)31-24(3,4)5/h7-10,17-18,20H,6,11-15H2,1-5H3. The molecule has 1 aromatic rings. The van der Waals surface area contributed by atoms with Crippen LogP contribution in [0.5, 0.6) is 0 Å². The molecule has 0 spiro atoms. The molecule has 0 aliphatic carbocycles. The van der Waals surface area contributed by atoms with Crippen molar-refractivity contribution < 1.29 is 23.9 Å². The maximum Gasteiger partial charge on any atom is 0.410 e. The van der Waals surface area contributed by atoms with Gasteiger partial charge in [-0.15, -0.1) is 0 Å². The van der Waals surface area contributed by atoms with E-state index in [0.717, 1.165) is 11.3 Å². The van der Waals surface area contributed by atoms with Crippen LogP contribution in [0.2, 0.25) is 0 Å². The third kappa shape index (κ3) is 5.38. The second-order valence-corrected chi connectivity index (χ2v) is 9.39. The summed E-state index contributed by atoms with van der Waals surface area (Å²) in [6.07, 6.45) is 1.97. The van der Waals surface area contributed by atoms with Crippen LogP contribution in [0.25, 0.3) is 0 Å². The minimum absolute atomic E-state index is 0.0335. The Bertz CT molecular complexity index is 824. The number of carbonyl (C=O) groups is 3. The topological polar surface area (TPSA) is 76.2 Å². The summed E-state index contributed by atoms with van der Waals surface area (Å²) < 4.78 is 10.9. The smallest absolute Gasteiger partial charge is 0.410 e. The van der Waals surface area contributed by atoms with Crippen molar-refractivity contribution in [2.75, 3.05) is 18.0 Å². The molecule has 7 nitrogen and oxygen atoms in total. The molecule has 0 aromatic heterocycles. The number of ether oxygens (including phenoxy) is 2. The molecule has 31 heavy (non-hydrogen) atoms. The number of amides is 2. The maximum atomic E-state index is 13.5. The lowest BCUT2D eigenvalue weighted by Gasteiger charge is -2.37. The van der Waals surface area contributed by atoms with E-state index in [4.69, 9.17) is 9.47 Å². The van der Waals surface area contributed by atoms with Crippen LogP contribution >= 0.6 is 0 Å². The van der Waals surface area contributed by atoms with Gasteiger partial charge in [-0.2, -0.15) is 0 Å². The molecule has 0 radical (unpaired) electrons. The Kier molecular flexibility index (Phi) is 6.92. The van der Waals surface area contributed by atoms with Gasteiger partial charge in [-0.1, -0.05) is 25.1 Å². The van der Waals surface area contributed by atoms with E-state index in [1.54, 1.807) is 4.90 Å². The fourth-order valence-corrected chi connectivity index (χ4v) is 4.45. The van der Waals surface area contributed by atoms with Gasteiger partial charge in [-0.05, 0) is 51.7 Å². The predicted octanol–water partition coefficient (Wildman–Crippen LogP) is 4.25. The Balaban J connectivity index is 1.72. The van der Waals surface area contributed by atoms with Gasteiger partial charge in [0.25, 0.3) is 0 Å². The number of carbonyl (C=O) groups excluding carboxylic acids is 3. The van der Waals surface area contributed by atoms with Gasteiger partial charge in [0.1, 0.15) is 11.7 Å². The van der Waals surface area contributed by atoms with Crippen LogP contribution in [-0.2, 0) is 19.1 Å². The molecule has 2 heterocycles. The lowest BCUT2D eigenvalue weighted by molar-refractivity contribution is -0.147. The normalized spacial score (nSPS) is 20.4. The Hall–Kier alpha value is -2.57. The zero-order valence-corrected chi connectivity index (χ0v) is 19.2. The molecule has 0 N–H and O–H groups in total. The highest BCUT2D eigenvalue weighted by Crippen LogP contribution is 2.42. The third-order valence-electron chi connectivity index (χ3n) is 5.88. The summed E-state index contributed by atoms with van der Waals surface area (Å²) in [6.45, 7) is 10.1. The van der Waals surface area contributed by atoms with E-state index in [1.807, 2.05) is 56.9 Å². The molecule has 1 saturated heterocycles. The second kappa shape index (κ2) is 9.28. The minimum Gasteiger partial charge on any atom is -0.463 e. The highest BCUT2D eigenvalue weighted by molar-refractivity contribution is 6.05. The molecule has 1 fully saturated rings. The quantitative estimate of drug-likeness (QED) is 0.653. The number of piperidine rings is 1. The Morgan fingerprint density at radius 1 is 1.16 bits per heavy atom. The number of benzene rings is 1. The number of fused-ring (bicyclic) bond motifs is 1. The van der Waals surface area contributed by atoms with Crippen LogP contribution in [0.1, 0.15) is 71.8 Å². The van der Waals surface area contributed by atoms with Crippen LogP contribution in [-0.4, -0.2) is 53.7 Å². The van der Waals surface area contributed by atoms with Crippen LogP contribution in [0.4, 0.5) is 10.5 Å². The van der Waals surface area contributed by atoms with Crippen molar-refractivity contribution in [3.8, 4) is 0 Å². The third-order valence-corrected chi connectivity index (χ3v) is 5.88. The zero-order chi connectivity index (χ0) is 22.8. The van der Waals surface area contributed by atoms with Gasteiger partial charge >= 0.3 is 12.1 Å². The second-order valence-electron chi connectivity index (χ2n) is 9.39. The fourth-order valence-electron chi connectivity index (χ4n) is 4.45. The number of hydrogen-bond donors (Lipinski definition) is 0. The average molecular weight is 431 g/mol. The van der Waals surface area contributed by atoms with E-state index in [0.29, 0.717) is 38.8 Å². The summed E-state index contributed by atoms with van der Waals surface area (Å²) in [5.41, 5.74) is 1.40. The molecular formula is C24H34N2O5. The van der Waals surface area contributed by atoms with Crippen molar-refractivity contribution in [2.45, 2.75) is 84.0 Å². The lowest BCUT2D eigenvalue weighted by Crippen LogP contribution is -2.49. The van der Waals surface area contributed by atoms with Gasteiger partial charge in [0.05, 0.1) is 5.92 Å². The van der Waals surface area contributed by atoms with E-state index in [9.17, 15) is 14.4 Å². The molecule has 170 valence electrons. The molecule has 2 amide bonds. The van der Waals surface area contributed by atoms with Crippen molar-refractivity contribution in [1.82, 2.24) is 4.90 Å². The number of likely N-dealkylation sites (tertiary alicyclic amines) is 1. The number of esters is 1. The first-order valence-corrected chi connectivity index (χ1v) is 11.2. The molecule has 2 atom stereocenters. The molecule has 0 saturated carbocycles. The first-order valence-electron chi connectivity index (χ1n) is 11.2. The number of hydrogen-bond acceptors (Lipinski definition) is 5. The minimum atomic E-state index is -0.525. The predicted molar refractivity (Wildman–Crippen MR) is 118 cm³/mol. The molecule has 2 aliphatic rings. The van der Waals surface area contributed by atoms with Crippen molar-refractivity contribution >= 4 is 23.7 Å². The Morgan fingerprint density at radius 2 is 1.81 bits per heavy atom. The van der Waals surface area contributed by atoms with Crippen LogP contribution in [0, 0.1) is 0 Å². The van der Waals surface area contributed by atoms with Crippen molar-refractivity contribution in [1.29, 1.82) is 0 Å². The first-order chi connectivity index (χ1) is 14.6. The van der Waals surface area contributed by atoms with Crippen molar-refractivity contribution in [2.24, 2.45) is 0 Å². The van der Waals surface area contributed by atoms with E-state index in [1.165, 1.54) is 6.92 Å². The number of anilines is 1. The van der Waals surface area contributed by atoms with Gasteiger partial charge in [0, 0.05) is 38.2 Å². The van der Waals surface area contributed by atoms with Gasteiger partial charge in [0.2, 0.25) is 5.91 Å². The number of para-hydroxylation sites is 1. The lowest BCUT2D eigenvalue weighted by atomic mass is 9.93. The number of nitrogens with zero attached hydrogens (tertiary/aromatic N) is 2. The van der Waals surface area contributed by atoms with E-state index >= 15 is 0 Å². The van der Waals surface area contributed by atoms with Crippen LogP contribution in [0.15, 0.2) is 24.3 Å². The molecule has 2 aliphatic heterocycles. The van der Waals surface area contributed by atoms with Crippen LogP contribution < -0.4 is 4.90 Å². The molecule has 7 heteroatoms. The monoisotopic (exact) mass is 430 g/mol.